The minimum atomic E-state index is 0.605. The topological polar surface area (TPSA) is 61.0 Å². The van der Waals surface area contributed by atoms with Gasteiger partial charge in [-0.3, -0.25) is 4.98 Å². The van der Waals surface area contributed by atoms with Crippen molar-refractivity contribution in [2.24, 2.45) is 5.73 Å². The first-order valence-electron chi connectivity index (χ1n) is 4.84. The Morgan fingerprint density at radius 3 is 2.93 bits per heavy atom. The van der Waals surface area contributed by atoms with E-state index in [2.05, 4.69) is 9.97 Å². The first-order chi connectivity index (χ1) is 7.35. The number of methoxy groups -OCH3 is 1. The fourth-order valence-corrected chi connectivity index (χ4v) is 1.53. The van der Waals surface area contributed by atoms with Crippen molar-refractivity contribution in [1.29, 1.82) is 0 Å². The van der Waals surface area contributed by atoms with Crippen LogP contribution in [0.25, 0.3) is 11.0 Å². The highest BCUT2D eigenvalue weighted by molar-refractivity contribution is 5.78. The molecule has 0 aliphatic heterocycles. The lowest BCUT2D eigenvalue weighted by molar-refractivity contribution is 0.399. The Balaban J connectivity index is 2.59. The third-order valence-electron chi connectivity index (χ3n) is 2.26. The first kappa shape index (κ1) is 9.86. The molecule has 0 aromatic carbocycles. The Labute approximate surface area is 88.1 Å². The zero-order valence-corrected chi connectivity index (χ0v) is 8.60. The molecule has 15 heavy (non-hydrogen) atoms. The van der Waals surface area contributed by atoms with Crippen LogP contribution in [0, 0.1) is 0 Å². The van der Waals surface area contributed by atoms with Crippen molar-refractivity contribution in [3.63, 3.8) is 0 Å². The van der Waals surface area contributed by atoms with Crippen LogP contribution in [0.1, 0.15) is 5.56 Å². The van der Waals surface area contributed by atoms with Crippen molar-refractivity contribution >= 4 is 11.0 Å². The Morgan fingerprint density at radius 2 is 2.20 bits per heavy atom. The summed E-state index contributed by atoms with van der Waals surface area (Å²) in [6, 6.07) is 5.66. The third kappa shape index (κ3) is 1.89. The average molecular weight is 203 g/mol. The van der Waals surface area contributed by atoms with Crippen LogP contribution in [0.2, 0.25) is 0 Å². The predicted molar refractivity (Wildman–Crippen MR) is 58.8 cm³/mol. The maximum atomic E-state index is 5.54. The summed E-state index contributed by atoms with van der Waals surface area (Å²) in [5, 5.41) is 0. The summed E-state index contributed by atoms with van der Waals surface area (Å²) >= 11 is 0. The summed E-state index contributed by atoms with van der Waals surface area (Å²) in [6.07, 6.45) is 2.58. The maximum Gasteiger partial charge on any atom is 0.213 e. The maximum absolute atomic E-state index is 5.54. The van der Waals surface area contributed by atoms with Crippen LogP contribution in [-0.4, -0.2) is 23.6 Å². The number of hydrogen-bond acceptors (Lipinski definition) is 4. The van der Waals surface area contributed by atoms with Crippen molar-refractivity contribution in [1.82, 2.24) is 9.97 Å². The van der Waals surface area contributed by atoms with Gasteiger partial charge in [0.1, 0.15) is 0 Å². The number of pyridine rings is 2. The van der Waals surface area contributed by atoms with Gasteiger partial charge in [0.25, 0.3) is 0 Å². The molecule has 2 heterocycles. The lowest BCUT2D eigenvalue weighted by atomic mass is 10.1. The van der Waals surface area contributed by atoms with Gasteiger partial charge in [-0.25, -0.2) is 4.98 Å². The number of rotatable bonds is 3. The second-order valence-electron chi connectivity index (χ2n) is 3.23. The zero-order valence-electron chi connectivity index (χ0n) is 8.60. The van der Waals surface area contributed by atoms with E-state index in [4.69, 9.17) is 10.5 Å². The number of hydrogen-bond donors (Lipinski definition) is 1. The van der Waals surface area contributed by atoms with E-state index in [1.54, 1.807) is 13.3 Å². The summed E-state index contributed by atoms with van der Waals surface area (Å²) < 4.78 is 5.09. The monoisotopic (exact) mass is 203 g/mol. The van der Waals surface area contributed by atoms with E-state index >= 15 is 0 Å². The molecule has 2 N–H and O–H groups in total. The van der Waals surface area contributed by atoms with Crippen LogP contribution < -0.4 is 10.5 Å². The molecule has 2 aromatic rings. The molecule has 0 bridgehead atoms. The van der Waals surface area contributed by atoms with E-state index in [1.165, 1.54) is 0 Å². The lowest BCUT2D eigenvalue weighted by Gasteiger charge is -2.05. The molecule has 0 aliphatic rings. The number of ether oxygens (including phenoxy) is 1. The summed E-state index contributed by atoms with van der Waals surface area (Å²) in [5.41, 5.74) is 8.41. The predicted octanol–water partition coefficient (Wildman–Crippen LogP) is 1.14. The number of nitrogens with two attached hydrogens (primary N) is 1. The van der Waals surface area contributed by atoms with Crippen LogP contribution >= 0.6 is 0 Å². The third-order valence-corrected chi connectivity index (χ3v) is 2.26. The molecule has 0 unspecified atom stereocenters. The second-order valence-corrected chi connectivity index (χ2v) is 3.23. The van der Waals surface area contributed by atoms with Crippen molar-refractivity contribution in [3.05, 3.63) is 30.0 Å². The molecule has 0 atom stereocenters. The number of fused-ring (bicyclic) bond motifs is 1. The van der Waals surface area contributed by atoms with E-state index in [9.17, 15) is 0 Å². The van der Waals surface area contributed by atoms with E-state index < -0.39 is 0 Å². The normalized spacial score (nSPS) is 10.5. The summed E-state index contributed by atoms with van der Waals surface area (Å²) in [6.45, 7) is 0.609. The average Bonchev–Trinajstić information content (AvgIpc) is 2.29. The Bertz CT molecular complexity index is 470. The molecule has 2 aromatic heterocycles. The molecule has 4 heteroatoms. The fraction of sp³-hybridized carbons (Fsp3) is 0.273. The highest BCUT2D eigenvalue weighted by atomic mass is 16.5. The fourth-order valence-electron chi connectivity index (χ4n) is 1.53. The summed E-state index contributed by atoms with van der Waals surface area (Å²) in [5.74, 6) is 0.605. The molecule has 0 amide bonds. The lowest BCUT2D eigenvalue weighted by Crippen LogP contribution is -2.04. The van der Waals surface area contributed by atoms with Crippen LogP contribution in [0.5, 0.6) is 5.88 Å². The van der Waals surface area contributed by atoms with Crippen molar-refractivity contribution in [2.75, 3.05) is 13.7 Å². The van der Waals surface area contributed by atoms with Gasteiger partial charge in [0.05, 0.1) is 18.1 Å². The minimum absolute atomic E-state index is 0.605. The van der Waals surface area contributed by atoms with E-state index in [0.29, 0.717) is 12.4 Å². The molecule has 78 valence electrons. The van der Waals surface area contributed by atoms with Crippen molar-refractivity contribution in [2.45, 2.75) is 6.42 Å². The molecule has 4 nitrogen and oxygen atoms in total. The van der Waals surface area contributed by atoms with Crippen LogP contribution in [0.15, 0.2) is 24.4 Å². The number of aromatic nitrogens is 2. The Morgan fingerprint density at radius 1 is 1.33 bits per heavy atom. The second kappa shape index (κ2) is 4.23. The van der Waals surface area contributed by atoms with Gasteiger partial charge in [-0.1, -0.05) is 0 Å². The van der Waals surface area contributed by atoms with Gasteiger partial charge in [-0.15, -0.1) is 0 Å². The molecular formula is C11H13N3O. The highest BCUT2D eigenvalue weighted by Crippen LogP contribution is 2.18. The van der Waals surface area contributed by atoms with Gasteiger partial charge in [0.15, 0.2) is 0 Å². The molecule has 0 aliphatic carbocycles. The standard InChI is InChI=1S/C11H13N3O/c1-15-10-3-2-9-11(14-10)8(4-6-12)5-7-13-9/h2-3,5,7H,4,6,12H2,1H3. The summed E-state index contributed by atoms with van der Waals surface area (Å²) in [4.78, 5) is 8.61. The first-order valence-corrected chi connectivity index (χ1v) is 4.84. The smallest absolute Gasteiger partial charge is 0.213 e. The molecule has 0 spiro atoms. The van der Waals surface area contributed by atoms with Gasteiger partial charge in [0.2, 0.25) is 5.88 Å². The molecule has 0 saturated carbocycles. The van der Waals surface area contributed by atoms with Gasteiger partial charge in [0, 0.05) is 12.3 Å². The summed E-state index contributed by atoms with van der Waals surface area (Å²) in [7, 11) is 1.60. The minimum Gasteiger partial charge on any atom is -0.481 e. The molecule has 0 fully saturated rings. The highest BCUT2D eigenvalue weighted by Gasteiger charge is 2.04. The van der Waals surface area contributed by atoms with Crippen molar-refractivity contribution in [3.8, 4) is 5.88 Å². The molecular weight excluding hydrogens is 190 g/mol. The van der Waals surface area contributed by atoms with E-state index in [-0.39, 0.29) is 0 Å². The van der Waals surface area contributed by atoms with E-state index in [1.807, 2.05) is 18.2 Å². The van der Waals surface area contributed by atoms with Gasteiger partial charge >= 0.3 is 0 Å². The van der Waals surface area contributed by atoms with Crippen molar-refractivity contribution < 1.29 is 4.74 Å². The van der Waals surface area contributed by atoms with Gasteiger partial charge < -0.3 is 10.5 Å². The number of nitrogens with zero attached hydrogens (tertiary/aromatic N) is 2. The Hall–Kier alpha value is -1.68. The van der Waals surface area contributed by atoms with Crippen LogP contribution in [0.3, 0.4) is 0 Å². The zero-order chi connectivity index (χ0) is 10.7. The van der Waals surface area contributed by atoms with Gasteiger partial charge in [-0.2, -0.15) is 0 Å². The van der Waals surface area contributed by atoms with E-state index in [0.717, 1.165) is 23.0 Å². The molecule has 0 radical (unpaired) electrons. The van der Waals surface area contributed by atoms with Crippen LogP contribution in [0.4, 0.5) is 0 Å². The Kier molecular flexibility index (Phi) is 2.78. The quantitative estimate of drug-likeness (QED) is 0.812. The molecule has 2 rings (SSSR count). The SMILES string of the molecule is COc1ccc2nccc(CCN)c2n1. The largest absolute Gasteiger partial charge is 0.481 e. The van der Waals surface area contributed by atoms with Gasteiger partial charge in [-0.05, 0) is 30.7 Å². The van der Waals surface area contributed by atoms with Crippen LogP contribution in [-0.2, 0) is 6.42 Å². The molecule has 0 saturated heterocycles.